The van der Waals surface area contributed by atoms with Gasteiger partial charge >= 0.3 is 0 Å². The van der Waals surface area contributed by atoms with Gasteiger partial charge in [-0.3, -0.25) is 4.79 Å². The molecule has 2 nitrogen and oxygen atoms in total. The standard InChI is InChI=1S/C16H15BrFNOS/c1-11(21-10-12-5-3-2-4-6-12)16(20)19-15-8-7-13(17)9-14(15)18/h2-9,11H,10H2,1H3,(H,19,20)/t11-/m0/s1. The number of thioether (sulfide) groups is 1. The highest BCUT2D eigenvalue weighted by atomic mass is 79.9. The van der Waals surface area contributed by atoms with E-state index in [2.05, 4.69) is 21.2 Å². The van der Waals surface area contributed by atoms with Gasteiger partial charge in [0.2, 0.25) is 5.91 Å². The molecule has 0 radical (unpaired) electrons. The van der Waals surface area contributed by atoms with Gasteiger partial charge in [-0.2, -0.15) is 0 Å². The molecule has 0 aliphatic rings. The minimum atomic E-state index is -0.446. The summed E-state index contributed by atoms with van der Waals surface area (Å²) in [4.78, 5) is 12.1. The van der Waals surface area contributed by atoms with Crippen LogP contribution in [0.25, 0.3) is 0 Å². The Morgan fingerprint density at radius 1 is 1.29 bits per heavy atom. The fraction of sp³-hybridized carbons (Fsp3) is 0.188. The predicted molar refractivity (Wildman–Crippen MR) is 89.9 cm³/mol. The molecule has 0 saturated heterocycles. The van der Waals surface area contributed by atoms with Gasteiger partial charge in [-0.25, -0.2) is 4.39 Å². The molecule has 2 rings (SSSR count). The van der Waals surface area contributed by atoms with Crippen molar-refractivity contribution >= 4 is 39.3 Å². The van der Waals surface area contributed by atoms with Crippen LogP contribution in [0.1, 0.15) is 12.5 Å². The second-order valence-electron chi connectivity index (χ2n) is 4.55. The minimum absolute atomic E-state index is 0.197. The van der Waals surface area contributed by atoms with E-state index in [0.29, 0.717) is 4.47 Å². The van der Waals surface area contributed by atoms with Crippen LogP contribution in [0.5, 0.6) is 0 Å². The predicted octanol–water partition coefficient (Wildman–Crippen LogP) is 4.85. The Bertz CT molecular complexity index is 621. The second-order valence-corrected chi connectivity index (χ2v) is 6.80. The topological polar surface area (TPSA) is 29.1 Å². The fourth-order valence-electron chi connectivity index (χ4n) is 1.70. The van der Waals surface area contributed by atoms with Crippen molar-refractivity contribution in [1.29, 1.82) is 0 Å². The summed E-state index contributed by atoms with van der Waals surface area (Å²) in [5.74, 6) is 0.105. The van der Waals surface area contributed by atoms with E-state index in [0.717, 1.165) is 11.3 Å². The molecule has 0 spiro atoms. The normalized spacial score (nSPS) is 12.0. The number of halogens is 2. The van der Waals surface area contributed by atoms with Gasteiger partial charge in [0.1, 0.15) is 5.82 Å². The molecule has 1 atom stereocenters. The molecule has 5 heteroatoms. The molecule has 1 N–H and O–H groups in total. The van der Waals surface area contributed by atoms with Crippen LogP contribution in [0.4, 0.5) is 10.1 Å². The Morgan fingerprint density at radius 2 is 2.00 bits per heavy atom. The first kappa shape index (κ1) is 16.0. The van der Waals surface area contributed by atoms with E-state index in [1.807, 2.05) is 37.3 Å². The molecule has 110 valence electrons. The molecule has 0 heterocycles. The van der Waals surface area contributed by atoms with E-state index in [-0.39, 0.29) is 16.8 Å². The second kappa shape index (κ2) is 7.61. The van der Waals surface area contributed by atoms with Gasteiger partial charge in [0.25, 0.3) is 0 Å². The zero-order chi connectivity index (χ0) is 15.2. The lowest BCUT2D eigenvalue weighted by Gasteiger charge is -2.12. The maximum absolute atomic E-state index is 13.7. The van der Waals surface area contributed by atoms with E-state index in [4.69, 9.17) is 0 Å². The lowest BCUT2D eigenvalue weighted by Crippen LogP contribution is -2.23. The largest absolute Gasteiger partial charge is 0.323 e. The summed E-state index contributed by atoms with van der Waals surface area (Å²) in [7, 11) is 0. The number of nitrogens with one attached hydrogen (secondary N) is 1. The van der Waals surface area contributed by atoms with Gasteiger partial charge in [0.05, 0.1) is 10.9 Å². The monoisotopic (exact) mass is 367 g/mol. The Morgan fingerprint density at radius 3 is 2.67 bits per heavy atom. The van der Waals surface area contributed by atoms with Crippen LogP contribution >= 0.6 is 27.7 Å². The van der Waals surface area contributed by atoms with Gasteiger partial charge in [-0.05, 0) is 30.7 Å². The number of rotatable bonds is 5. The molecule has 0 fully saturated rings. The van der Waals surface area contributed by atoms with Crippen molar-refractivity contribution in [1.82, 2.24) is 0 Å². The molecule has 2 aromatic rings. The van der Waals surface area contributed by atoms with Crippen molar-refractivity contribution in [2.24, 2.45) is 0 Å². The molecular weight excluding hydrogens is 353 g/mol. The average Bonchev–Trinajstić information content (AvgIpc) is 2.48. The zero-order valence-corrected chi connectivity index (χ0v) is 13.9. The van der Waals surface area contributed by atoms with E-state index in [1.165, 1.54) is 17.8 Å². The van der Waals surface area contributed by atoms with E-state index >= 15 is 0 Å². The average molecular weight is 368 g/mol. The van der Waals surface area contributed by atoms with Crippen LogP contribution < -0.4 is 5.32 Å². The first-order valence-electron chi connectivity index (χ1n) is 6.47. The highest BCUT2D eigenvalue weighted by molar-refractivity contribution is 9.10. The van der Waals surface area contributed by atoms with Crippen molar-refractivity contribution in [2.75, 3.05) is 5.32 Å². The summed E-state index contributed by atoms with van der Waals surface area (Å²) in [6, 6.07) is 14.5. The highest BCUT2D eigenvalue weighted by Crippen LogP contribution is 2.22. The fourth-order valence-corrected chi connectivity index (χ4v) is 2.87. The minimum Gasteiger partial charge on any atom is -0.323 e. The number of anilines is 1. The van der Waals surface area contributed by atoms with Gasteiger partial charge in [0, 0.05) is 10.2 Å². The Labute approximate surface area is 136 Å². The summed E-state index contributed by atoms with van der Waals surface area (Å²) < 4.78 is 14.3. The molecular formula is C16H15BrFNOS. The SMILES string of the molecule is C[C@H](SCc1ccccc1)C(=O)Nc1ccc(Br)cc1F. The molecule has 0 aliphatic carbocycles. The van der Waals surface area contributed by atoms with Crippen LogP contribution in [0.3, 0.4) is 0 Å². The van der Waals surface area contributed by atoms with E-state index in [9.17, 15) is 9.18 Å². The summed E-state index contributed by atoms with van der Waals surface area (Å²) in [6.07, 6.45) is 0. The summed E-state index contributed by atoms with van der Waals surface area (Å²) >= 11 is 4.71. The highest BCUT2D eigenvalue weighted by Gasteiger charge is 2.15. The number of amides is 1. The van der Waals surface area contributed by atoms with Gasteiger partial charge < -0.3 is 5.32 Å². The molecule has 0 aromatic heterocycles. The first-order chi connectivity index (χ1) is 10.1. The third-order valence-electron chi connectivity index (χ3n) is 2.90. The Kier molecular flexibility index (Phi) is 5.82. The smallest absolute Gasteiger partial charge is 0.237 e. The molecule has 2 aromatic carbocycles. The van der Waals surface area contributed by atoms with Crippen molar-refractivity contribution in [3.63, 3.8) is 0 Å². The maximum Gasteiger partial charge on any atom is 0.237 e. The van der Waals surface area contributed by atoms with Crippen molar-refractivity contribution in [3.8, 4) is 0 Å². The number of carbonyl (C=O) groups is 1. The van der Waals surface area contributed by atoms with Gasteiger partial charge in [-0.1, -0.05) is 46.3 Å². The summed E-state index contributed by atoms with van der Waals surface area (Å²) in [5.41, 5.74) is 1.37. The van der Waals surface area contributed by atoms with E-state index in [1.54, 1.807) is 12.1 Å². The van der Waals surface area contributed by atoms with Gasteiger partial charge in [0.15, 0.2) is 0 Å². The zero-order valence-electron chi connectivity index (χ0n) is 11.5. The lowest BCUT2D eigenvalue weighted by atomic mass is 10.2. The van der Waals surface area contributed by atoms with Crippen LogP contribution in [0, 0.1) is 5.82 Å². The quantitative estimate of drug-likeness (QED) is 0.818. The molecule has 21 heavy (non-hydrogen) atoms. The molecule has 0 aliphatic heterocycles. The van der Waals surface area contributed by atoms with Crippen LogP contribution in [0.2, 0.25) is 0 Å². The lowest BCUT2D eigenvalue weighted by molar-refractivity contribution is -0.115. The number of benzene rings is 2. The van der Waals surface area contributed by atoms with Gasteiger partial charge in [-0.15, -0.1) is 11.8 Å². The van der Waals surface area contributed by atoms with Crippen LogP contribution in [0.15, 0.2) is 53.0 Å². The number of hydrogen-bond donors (Lipinski definition) is 1. The summed E-state index contributed by atoms with van der Waals surface area (Å²) in [6.45, 7) is 1.82. The first-order valence-corrected chi connectivity index (χ1v) is 8.32. The number of hydrogen-bond acceptors (Lipinski definition) is 2. The molecule has 1 amide bonds. The molecule has 0 saturated carbocycles. The van der Waals surface area contributed by atoms with Crippen LogP contribution in [-0.4, -0.2) is 11.2 Å². The molecule has 0 bridgehead atoms. The number of carbonyl (C=O) groups excluding carboxylic acids is 1. The van der Waals surface area contributed by atoms with Crippen molar-refractivity contribution < 1.29 is 9.18 Å². The Balaban J connectivity index is 1.90. The van der Waals surface area contributed by atoms with Crippen molar-refractivity contribution in [2.45, 2.75) is 17.9 Å². The third-order valence-corrected chi connectivity index (χ3v) is 4.61. The Hall–Kier alpha value is -1.33. The summed E-state index contributed by atoms with van der Waals surface area (Å²) in [5, 5.41) is 2.36. The third kappa shape index (κ3) is 4.86. The maximum atomic E-state index is 13.7. The van der Waals surface area contributed by atoms with Crippen molar-refractivity contribution in [3.05, 3.63) is 64.4 Å². The molecule has 0 unspecified atom stereocenters. The van der Waals surface area contributed by atoms with E-state index < -0.39 is 5.82 Å². The van der Waals surface area contributed by atoms with Crippen LogP contribution in [-0.2, 0) is 10.5 Å².